The van der Waals surface area contributed by atoms with Crippen LogP contribution in [0.4, 0.5) is 0 Å². The molecule has 1 unspecified atom stereocenters. The summed E-state index contributed by atoms with van der Waals surface area (Å²) in [5.74, 6) is 0. The highest BCUT2D eigenvalue weighted by Crippen LogP contribution is 2.22. The lowest BCUT2D eigenvalue weighted by Gasteiger charge is -2.07. The molecule has 0 amide bonds. The predicted molar refractivity (Wildman–Crippen MR) is 57.1 cm³/mol. The Balaban J connectivity index is 2.91. The van der Waals surface area contributed by atoms with E-state index in [1.54, 1.807) is 6.92 Å². The third-order valence-electron chi connectivity index (χ3n) is 1.42. The van der Waals surface area contributed by atoms with E-state index in [9.17, 15) is 8.42 Å². The number of hydrogen-bond donors (Lipinski definition) is 1. The SMILES string of the molecule is C=CC(C)NS(=O)(=O)c1cnc(Cl)s1. The molecule has 0 saturated heterocycles. The Morgan fingerprint density at radius 1 is 1.79 bits per heavy atom. The molecule has 1 aromatic heterocycles. The highest BCUT2D eigenvalue weighted by Gasteiger charge is 2.18. The first-order valence-corrected chi connectivity index (χ1v) is 6.39. The molecular weight excluding hydrogens is 244 g/mol. The fourth-order valence-electron chi connectivity index (χ4n) is 0.714. The van der Waals surface area contributed by atoms with E-state index in [0.717, 1.165) is 11.3 Å². The molecule has 14 heavy (non-hydrogen) atoms. The minimum Gasteiger partial charge on any atom is -0.232 e. The van der Waals surface area contributed by atoms with E-state index < -0.39 is 10.0 Å². The fraction of sp³-hybridized carbons (Fsp3) is 0.286. The van der Waals surface area contributed by atoms with Crippen LogP contribution in [-0.2, 0) is 10.0 Å². The van der Waals surface area contributed by atoms with Crippen LogP contribution < -0.4 is 4.72 Å². The van der Waals surface area contributed by atoms with E-state index >= 15 is 0 Å². The van der Waals surface area contributed by atoms with Crippen molar-refractivity contribution in [2.45, 2.75) is 17.2 Å². The van der Waals surface area contributed by atoms with Crippen LogP contribution in [0, 0.1) is 0 Å². The quantitative estimate of drug-likeness (QED) is 0.829. The molecule has 4 nitrogen and oxygen atoms in total. The summed E-state index contributed by atoms with van der Waals surface area (Å²) in [6.07, 6.45) is 2.73. The first-order chi connectivity index (χ1) is 6.45. The van der Waals surface area contributed by atoms with Crippen LogP contribution in [0.3, 0.4) is 0 Å². The number of thiazole rings is 1. The van der Waals surface area contributed by atoms with E-state index in [1.165, 1.54) is 12.3 Å². The molecule has 0 aliphatic heterocycles. The van der Waals surface area contributed by atoms with Crippen LogP contribution in [0.25, 0.3) is 0 Å². The molecule has 7 heteroatoms. The number of nitrogens with one attached hydrogen (secondary N) is 1. The van der Waals surface area contributed by atoms with Crippen molar-refractivity contribution in [1.82, 2.24) is 9.71 Å². The maximum absolute atomic E-state index is 11.6. The molecule has 0 aliphatic rings. The standard InChI is InChI=1S/C7H9ClN2O2S2/c1-3-5(2)10-14(11,12)6-4-9-7(8)13-6/h3-5,10H,1H2,2H3. The highest BCUT2D eigenvalue weighted by atomic mass is 35.5. The first-order valence-electron chi connectivity index (χ1n) is 3.72. The summed E-state index contributed by atoms with van der Waals surface area (Å²) in [6.45, 7) is 5.17. The zero-order valence-electron chi connectivity index (χ0n) is 7.40. The van der Waals surface area contributed by atoms with Crippen molar-refractivity contribution in [3.05, 3.63) is 23.3 Å². The monoisotopic (exact) mass is 252 g/mol. The smallest absolute Gasteiger partial charge is 0.232 e. The molecule has 1 rings (SSSR count). The summed E-state index contributed by atoms with van der Waals surface area (Å²) in [6, 6.07) is -0.319. The minimum absolute atomic E-state index is 0.108. The van der Waals surface area contributed by atoms with Crippen LogP contribution in [0.15, 0.2) is 23.1 Å². The normalized spacial score (nSPS) is 13.9. The largest absolute Gasteiger partial charge is 0.252 e. The van der Waals surface area contributed by atoms with Gasteiger partial charge in [0.1, 0.15) is 0 Å². The summed E-state index contributed by atoms with van der Waals surface area (Å²) in [7, 11) is -3.50. The molecule has 0 fully saturated rings. The Morgan fingerprint density at radius 3 is 2.86 bits per heavy atom. The van der Waals surface area contributed by atoms with Gasteiger partial charge in [-0.25, -0.2) is 18.1 Å². The van der Waals surface area contributed by atoms with Gasteiger partial charge in [-0.1, -0.05) is 29.0 Å². The van der Waals surface area contributed by atoms with E-state index in [1.807, 2.05) is 0 Å². The molecule has 0 bridgehead atoms. The van der Waals surface area contributed by atoms with Crippen LogP contribution >= 0.6 is 22.9 Å². The van der Waals surface area contributed by atoms with Crippen molar-refractivity contribution in [2.75, 3.05) is 0 Å². The van der Waals surface area contributed by atoms with Gasteiger partial charge in [0.25, 0.3) is 10.0 Å². The summed E-state index contributed by atoms with van der Waals surface area (Å²) >= 11 is 6.45. The fourth-order valence-corrected chi connectivity index (χ4v) is 3.24. The van der Waals surface area contributed by atoms with Crippen LogP contribution in [0.5, 0.6) is 0 Å². The van der Waals surface area contributed by atoms with Gasteiger partial charge in [-0.05, 0) is 6.92 Å². The van der Waals surface area contributed by atoms with E-state index in [-0.39, 0.29) is 14.7 Å². The first kappa shape index (κ1) is 11.6. The molecule has 1 aromatic rings. The number of rotatable bonds is 4. The summed E-state index contributed by atoms with van der Waals surface area (Å²) in [5, 5.41) is 0. The van der Waals surface area contributed by atoms with Crippen molar-refractivity contribution in [2.24, 2.45) is 0 Å². The van der Waals surface area contributed by atoms with Crippen molar-refractivity contribution in [3.8, 4) is 0 Å². The van der Waals surface area contributed by atoms with Gasteiger partial charge in [0.15, 0.2) is 8.68 Å². The van der Waals surface area contributed by atoms with Crippen LogP contribution in [0.1, 0.15) is 6.92 Å². The van der Waals surface area contributed by atoms with Crippen molar-refractivity contribution >= 4 is 33.0 Å². The molecule has 78 valence electrons. The van der Waals surface area contributed by atoms with Crippen LogP contribution in [-0.4, -0.2) is 19.4 Å². The predicted octanol–water partition coefficient (Wildman–Crippen LogP) is 1.65. The number of nitrogens with zero attached hydrogens (tertiary/aromatic N) is 1. The van der Waals surface area contributed by atoms with E-state index in [2.05, 4.69) is 16.3 Å². The second-order valence-corrected chi connectivity index (χ2v) is 6.13. The number of hydrogen-bond acceptors (Lipinski definition) is 4. The van der Waals surface area contributed by atoms with E-state index in [0.29, 0.717) is 0 Å². The third-order valence-corrected chi connectivity index (χ3v) is 4.55. The Hall–Kier alpha value is -0.430. The summed E-state index contributed by atoms with van der Waals surface area (Å²) in [4.78, 5) is 3.65. The zero-order chi connectivity index (χ0) is 10.8. The third kappa shape index (κ3) is 2.78. The molecule has 0 saturated carbocycles. The zero-order valence-corrected chi connectivity index (χ0v) is 9.79. The molecule has 0 spiro atoms. The molecule has 0 aliphatic carbocycles. The average Bonchev–Trinajstić information content (AvgIpc) is 2.51. The Morgan fingerprint density at radius 2 is 2.43 bits per heavy atom. The molecule has 0 radical (unpaired) electrons. The van der Waals surface area contributed by atoms with Crippen molar-refractivity contribution in [3.63, 3.8) is 0 Å². The molecule has 1 N–H and O–H groups in total. The van der Waals surface area contributed by atoms with Gasteiger partial charge >= 0.3 is 0 Å². The van der Waals surface area contributed by atoms with Gasteiger partial charge in [0.2, 0.25) is 0 Å². The van der Waals surface area contributed by atoms with Gasteiger partial charge in [0, 0.05) is 6.04 Å². The van der Waals surface area contributed by atoms with Gasteiger partial charge < -0.3 is 0 Å². The molecule has 1 heterocycles. The van der Waals surface area contributed by atoms with Crippen molar-refractivity contribution < 1.29 is 8.42 Å². The number of aromatic nitrogens is 1. The lowest BCUT2D eigenvalue weighted by atomic mass is 10.4. The van der Waals surface area contributed by atoms with Gasteiger partial charge in [-0.3, -0.25) is 0 Å². The lowest BCUT2D eigenvalue weighted by molar-refractivity contribution is 0.578. The van der Waals surface area contributed by atoms with Gasteiger partial charge in [-0.2, -0.15) is 0 Å². The molecule has 0 aromatic carbocycles. The average molecular weight is 253 g/mol. The van der Waals surface area contributed by atoms with E-state index in [4.69, 9.17) is 11.6 Å². The number of sulfonamides is 1. The molecular formula is C7H9ClN2O2S2. The maximum atomic E-state index is 11.6. The number of halogens is 1. The second kappa shape index (κ2) is 4.39. The Kier molecular flexibility index (Phi) is 3.65. The van der Waals surface area contributed by atoms with Gasteiger partial charge in [-0.15, -0.1) is 6.58 Å². The molecule has 1 atom stereocenters. The topological polar surface area (TPSA) is 59.1 Å². The van der Waals surface area contributed by atoms with Gasteiger partial charge in [0.05, 0.1) is 6.20 Å². The maximum Gasteiger partial charge on any atom is 0.252 e. The Bertz CT molecular complexity index is 427. The minimum atomic E-state index is -3.50. The summed E-state index contributed by atoms with van der Waals surface area (Å²) in [5.41, 5.74) is 0. The lowest BCUT2D eigenvalue weighted by Crippen LogP contribution is -2.30. The Labute approximate surface area is 91.7 Å². The highest BCUT2D eigenvalue weighted by molar-refractivity contribution is 7.91. The van der Waals surface area contributed by atoms with Crippen molar-refractivity contribution in [1.29, 1.82) is 0 Å². The van der Waals surface area contributed by atoms with Crippen LogP contribution in [0.2, 0.25) is 4.47 Å². The summed E-state index contributed by atoms with van der Waals surface area (Å²) < 4.78 is 25.8. The second-order valence-electron chi connectivity index (χ2n) is 2.58.